The van der Waals surface area contributed by atoms with Crippen LogP contribution in [0.1, 0.15) is 38.4 Å². The summed E-state index contributed by atoms with van der Waals surface area (Å²) in [5.41, 5.74) is 2.02. The lowest BCUT2D eigenvalue weighted by atomic mass is 9.95. The molecule has 0 unspecified atom stereocenters. The summed E-state index contributed by atoms with van der Waals surface area (Å²) in [5, 5.41) is 13.3. The number of carbonyl (C=O) groups excluding carboxylic acids is 1. The van der Waals surface area contributed by atoms with Crippen LogP contribution in [0, 0.1) is 5.92 Å². The first-order chi connectivity index (χ1) is 15.6. The van der Waals surface area contributed by atoms with Gasteiger partial charge in [0.1, 0.15) is 5.82 Å². The van der Waals surface area contributed by atoms with Gasteiger partial charge in [-0.15, -0.1) is 15.3 Å². The van der Waals surface area contributed by atoms with E-state index < -0.39 is 0 Å². The first-order valence-corrected chi connectivity index (χ1v) is 11.7. The Morgan fingerprint density at radius 1 is 0.875 bits per heavy atom. The van der Waals surface area contributed by atoms with Crippen molar-refractivity contribution < 1.29 is 4.79 Å². The number of anilines is 2. The van der Waals surface area contributed by atoms with Crippen LogP contribution in [0.4, 0.5) is 11.5 Å². The van der Waals surface area contributed by atoms with E-state index in [0.29, 0.717) is 5.91 Å². The fourth-order valence-electron chi connectivity index (χ4n) is 4.76. The Hall–Kier alpha value is -3.16. The summed E-state index contributed by atoms with van der Waals surface area (Å²) in [6.07, 6.45) is 1.74. The topological polar surface area (TPSA) is 69.9 Å². The van der Waals surface area contributed by atoms with Crippen molar-refractivity contribution in [2.75, 3.05) is 49.1 Å². The van der Waals surface area contributed by atoms with Crippen LogP contribution in [0.5, 0.6) is 0 Å². The van der Waals surface area contributed by atoms with Gasteiger partial charge in [-0.2, -0.15) is 4.52 Å². The Labute approximate surface area is 188 Å². The average molecular weight is 434 g/mol. The van der Waals surface area contributed by atoms with Gasteiger partial charge in [0, 0.05) is 56.8 Å². The highest BCUT2D eigenvalue weighted by Crippen LogP contribution is 2.25. The molecule has 2 aliphatic heterocycles. The second kappa shape index (κ2) is 8.76. The molecule has 1 aromatic carbocycles. The molecular weight excluding hydrogens is 402 g/mol. The molecule has 4 heterocycles. The maximum absolute atomic E-state index is 13.2. The first-order valence-electron chi connectivity index (χ1n) is 11.7. The van der Waals surface area contributed by atoms with Crippen molar-refractivity contribution >= 4 is 23.1 Å². The highest BCUT2D eigenvalue weighted by molar-refractivity contribution is 5.79. The third kappa shape index (κ3) is 4.01. The summed E-state index contributed by atoms with van der Waals surface area (Å²) >= 11 is 0. The molecule has 2 aromatic heterocycles. The van der Waals surface area contributed by atoms with E-state index in [9.17, 15) is 4.79 Å². The molecule has 32 heavy (non-hydrogen) atoms. The Morgan fingerprint density at radius 2 is 1.59 bits per heavy atom. The van der Waals surface area contributed by atoms with Crippen molar-refractivity contribution in [2.24, 2.45) is 5.92 Å². The quantitative estimate of drug-likeness (QED) is 0.630. The van der Waals surface area contributed by atoms with Crippen molar-refractivity contribution in [2.45, 2.75) is 32.6 Å². The normalized spacial score (nSPS) is 18.0. The molecular formula is C24H31N7O. The van der Waals surface area contributed by atoms with Crippen LogP contribution in [0.3, 0.4) is 0 Å². The SMILES string of the molecule is CC(C)c1nnc2ccc(N3CCC(C(=O)N4CCN(c5ccccc5)CC4)CC3)nn12. The first kappa shape index (κ1) is 20.7. The van der Waals surface area contributed by atoms with E-state index >= 15 is 0 Å². The third-order valence-corrected chi connectivity index (χ3v) is 6.67. The summed E-state index contributed by atoms with van der Waals surface area (Å²) in [4.78, 5) is 19.9. The summed E-state index contributed by atoms with van der Waals surface area (Å²) in [7, 11) is 0. The van der Waals surface area contributed by atoms with E-state index in [1.165, 1.54) is 5.69 Å². The fourth-order valence-corrected chi connectivity index (χ4v) is 4.76. The Bertz CT molecular complexity index is 1060. The van der Waals surface area contributed by atoms with E-state index in [0.717, 1.165) is 69.4 Å². The molecule has 0 spiro atoms. The number of para-hydroxylation sites is 1. The molecule has 0 atom stereocenters. The fraction of sp³-hybridized carbons (Fsp3) is 0.500. The molecule has 0 bridgehead atoms. The molecule has 2 aliphatic rings. The summed E-state index contributed by atoms with van der Waals surface area (Å²) in [6, 6.07) is 14.5. The lowest BCUT2D eigenvalue weighted by molar-refractivity contribution is -0.136. The van der Waals surface area contributed by atoms with Crippen LogP contribution in [0.15, 0.2) is 42.5 Å². The van der Waals surface area contributed by atoms with Gasteiger partial charge in [-0.05, 0) is 37.1 Å². The number of hydrogen-bond acceptors (Lipinski definition) is 6. The van der Waals surface area contributed by atoms with E-state index in [1.807, 2.05) is 22.7 Å². The molecule has 0 radical (unpaired) electrons. The third-order valence-electron chi connectivity index (χ3n) is 6.67. The smallest absolute Gasteiger partial charge is 0.225 e. The number of hydrogen-bond donors (Lipinski definition) is 0. The van der Waals surface area contributed by atoms with Gasteiger partial charge < -0.3 is 14.7 Å². The number of aromatic nitrogens is 4. The van der Waals surface area contributed by atoms with Crippen LogP contribution in [-0.2, 0) is 4.79 Å². The molecule has 2 saturated heterocycles. The standard InChI is InChI=1S/C24H31N7O/c1-18(2)23-26-25-21-8-9-22(27-31(21)23)29-12-10-19(11-13-29)24(32)30-16-14-28(15-17-30)20-6-4-3-5-7-20/h3-9,18-19H,10-17H2,1-2H3. The number of piperidine rings is 1. The van der Waals surface area contributed by atoms with Gasteiger partial charge in [0.2, 0.25) is 5.91 Å². The Balaban J connectivity index is 1.18. The second-order valence-electron chi connectivity index (χ2n) is 9.08. The van der Waals surface area contributed by atoms with E-state index in [2.05, 4.69) is 63.0 Å². The average Bonchev–Trinajstić information content (AvgIpc) is 3.28. The van der Waals surface area contributed by atoms with Gasteiger partial charge in [0.25, 0.3) is 0 Å². The lowest BCUT2D eigenvalue weighted by Gasteiger charge is -2.39. The summed E-state index contributed by atoms with van der Waals surface area (Å²) in [5.74, 6) is 2.50. The van der Waals surface area contributed by atoms with E-state index in [4.69, 9.17) is 5.10 Å². The Morgan fingerprint density at radius 3 is 2.28 bits per heavy atom. The number of piperazine rings is 1. The number of amides is 1. The number of nitrogens with zero attached hydrogens (tertiary/aromatic N) is 7. The van der Waals surface area contributed by atoms with Crippen molar-refractivity contribution in [3.8, 4) is 0 Å². The van der Waals surface area contributed by atoms with Gasteiger partial charge in [-0.25, -0.2) is 0 Å². The molecule has 2 fully saturated rings. The van der Waals surface area contributed by atoms with Crippen LogP contribution < -0.4 is 9.80 Å². The minimum Gasteiger partial charge on any atom is -0.368 e. The summed E-state index contributed by atoms with van der Waals surface area (Å²) in [6.45, 7) is 9.29. The van der Waals surface area contributed by atoms with Crippen LogP contribution >= 0.6 is 0 Å². The molecule has 168 valence electrons. The zero-order valence-electron chi connectivity index (χ0n) is 18.9. The largest absolute Gasteiger partial charge is 0.368 e. The van der Waals surface area contributed by atoms with Gasteiger partial charge in [-0.1, -0.05) is 32.0 Å². The highest BCUT2D eigenvalue weighted by Gasteiger charge is 2.31. The molecule has 8 nitrogen and oxygen atoms in total. The highest BCUT2D eigenvalue weighted by atomic mass is 16.2. The number of benzene rings is 1. The maximum Gasteiger partial charge on any atom is 0.225 e. The predicted octanol–water partition coefficient (Wildman–Crippen LogP) is 2.81. The Kier molecular flexibility index (Phi) is 5.68. The molecule has 5 rings (SSSR count). The zero-order chi connectivity index (χ0) is 22.1. The van der Waals surface area contributed by atoms with Crippen molar-refractivity contribution in [1.82, 2.24) is 24.7 Å². The minimum absolute atomic E-state index is 0.111. The molecule has 8 heteroatoms. The second-order valence-corrected chi connectivity index (χ2v) is 9.08. The zero-order valence-corrected chi connectivity index (χ0v) is 18.9. The monoisotopic (exact) mass is 433 g/mol. The molecule has 0 N–H and O–H groups in total. The van der Waals surface area contributed by atoms with E-state index in [-0.39, 0.29) is 11.8 Å². The van der Waals surface area contributed by atoms with Crippen LogP contribution in [-0.4, -0.2) is 69.9 Å². The van der Waals surface area contributed by atoms with Crippen LogP contribution in [0.2, 0.25) is 0 Å². The summed E-state index contributed by atoms with van der Waals surface area (Å²) < 4.78 is 1.85. The van der Waals surface area contributed by atoms with Gasteiger partial charge in [-0.3, -0.25) is 4.79 Å². The predicted molar refractivity (Wildman–Crippen MR) is 125 cm³/mol. The molecule has 3 aromatic rings. The maximum atomic E-state index is 13.2. The van der Waals surface area contributed by atoms with Crippen molar-refractivity contribution in [1.29, 1.82) is 0 Å². The number of fused-ring (bicyclic) bond motifs is 1. The minimum atomic E-state index is 0.111. The molecule has 1 amide bonds. The van der Waals surface area contributed by atoms with Gasteiger partial charge >= 0.3 is 0 Å². The molecule has 0 saturated carbocycles. The number of rotatable bonds is 4. The van der Waals surface area contributed by atoms with Gasteiger partial charge in [0.05, 0.1) is 0 Å². The molecule has 0 aliphatic carbocycles. The van der Waals surface area contributed by atoms with Crippen molar-refractivity contribution in [3.63, 3.8) is 0 Å². The van der Waals surface area contributed by atoms with Gasteiger partial charge in [0.15, 0.2) is 11.5 Å². The van der Waals surface area contributed by atoms with Crippen LogP contribution in [0.25, 0.3) is 5.65 Å². The van der Waals surface area contributed by atoms with Crippen molar-refractivity contribution in [3.05, 3.63) is 48.3 Å². The number of carbonyl (C=O) groups is 1. The van der Waals surface area contributed by atoms with E-state index in [1.54, 1.807) is 0 Å². The lowest BCUT2D eigenvalue weighted by Crippen LogP contribution is -2.51.